The summed E-state index contributed by atoms with van der Waals surface area (Å²) in [5, 5.41) is 28.2. The fourth-order valence-electron chi connectivity index (χ4n) is 12.0. The number of hydrogen-bond donors (Lipinski definition) is 3. The first-order chi connectivity index (χ1) is 26.8. The number of aliphatic hydroxyl groups is 2. The van der Waals surface area contributed by atoms with Crippen LogP contribution < -0.4 is 4.74 Å². The molecule has 0 aromatic heterocycles. The molecular formula is C47H58O8. The number of phenols is 1. The van der Waals surface area contributed by atoms with Gasteiger partial charge in [-0.25, -0.2) is 0 Å². The third-order valence-electron chi connectivity index (χ3n) is 13.4. The van der Waals surface area contributed by atoms with Crippen molar-refractivity contribution in [2.24, 2.45) is 35.5 Å². The van der Waals surface area contributed by atoms with Gasteiger partial charge in [-0.05, 0) is 141 Å². The Balaban J connectivity index is 0.000000160. The van der Waals surface area contributed by atoms with Crippen LogP contribution in [0.15, 0.2) is 90.0 Å². The zero-order valence-corrected chi connectivity index (χ0v) is 32.5. The van der Waals surface area contributed by atoms with Gasteiger partial charge < -0.3 is 39.0 Å². The molecule has 4 unspecified atom stereocenters. The molecule has 8 aliphatic rings. The van der Waals surface area contributed by atoms with E-state index in [1.807, 2.05) is 36.4 Å². The van der Waals surface area contributed by atoms with Crippen LogP contribution in [0.1, 0.15) is 80.9 Å². The summed E-state index contributed by atoms with van der Waals surface area (Å²) in [7, 11) is 3.53. The molecule has 55 heavy (non-hydrogen) atoms. The van der Waals surface area contributed by atoms with Crippen molar-refractivity contribution in [2.75, 3.05) is 40.6 Å². The summed E-state index contributed by atoms with van der Waals surface area (Å²) in [5.41, 5.74) is 6.03. The van der Waals surface area contributed by atoms with Crippen LogP contribution in [0, 0.1) is 35.5 Å². The van der Waals surface area contributed by atoms with Crippen LogP contribution in [0.3, 0.4) is 0 Å². The molecule has 0 spiro atoms. The van der Waals surface area contributed by atoms with Crippen molar-refractivity contribution in [1.82, 2.24) is 0 Å². The Morgan fingerprint density at radius 2 is 1.09 bits per heavy atom. The Labute approximate surface area is 326 Å². The molecule has 0 saturated heterocycles. The lowest BCUT2D eigenvalue weighted by atomic mass is 9.52. The first-order valence-corrected chi connectivity index (χ1v) is 20.5. The molecular weight excluding hydrogens is 693 g/mol. The first-order valence-electron chi connectivity index (χ1n) is 20.5. The van der Waals surface area contributed by atoms with Gasteiger partial charge in [0.05, 0.1) is 51.8 Å². The van der Waals surface area contributed by atoms with Crippen molar-refractivity contribution in [2.45, 2.75) is 82.0 Å². The quantitative estimate of drug-likeness (QED) is 0.149. The fraction of sp³-hybridized carbons (Fsp3) is 0.532. The molecule has 0 heterocycles. The summed E-state index contributed by atoms with van der Waals surface area (Å²) >= 11 is 0. The van der Waals surface area contributed by atoms with Gasteiger partial charge in [0, 0.05) is 11.1 Å². The maximum atomic E-state index is 9.82. The summed E-state index contributed by atoms with van der Waals surface area (Å²) in [6.07, 6.45) is 11.3. The number of phenolic OH excluding ortho intramolecular Hbond substituents is 1. The molecule has 3 aromatic carbocycles. The highest BCUT2D eigenvalue weighted by Gasteiger charge is 2.56. The summed E-state index contributed by atoms with van der Waals surface area (Å²) in [6, 6.07) is 25.9. The second-order valence-electron chi connectivity index (χ2n) is 17.0. The number of rotatable bonds is 13. The van der Waals surface area contributed by atoms with Gasteiger partial charge in [-0.3, -0.25) is 0 Å². The van der Waals surface area contributed by atoms with E-state index < -0.39 is 0 Å². The molecule has 4 atom stereocenters. The lowest BCUT2D eigenvalue weighted by Gasteiger charge is -2.57. The van der Waals surface area contributed by atoms with Gasteiger partial charge in [-0.1, -0.05) is 54.6 Å². The Bertz CT molecular complexity index is 1810. The van der Waals surface area contributed by atoms with E-state index in [1.165, 1.54) is 36.8 Å². The minimum Gasteiger partial charge on any atom is -0.508 e. The summed E-state index contributed by atoms with van der Waals surface area (Å²) in [6.45, 7) is 1.64. The monoisotopic (exact) mass is 750 g/mol. The molecule has 3 aromatic rings. The third kappa shape index (κ3) is 7.93. The highest BCUT2D eigenvalue weighted by atomic mass is 16.5. The van der Waals surface area contributed by atoms with Crippen LogP contribution in [-0.4, -0.2) is 67.2 Å². The second-order valence-corrected chi connectivity index (χ2v) is 17.0. The van der Waals surface area contributed by atoms with E-state index >= 15 is 0 Å². The normalized spacial score (nSPS) is 30.8. The van der Waals surface area contributed by atoms with Crippen molar-refractivity contribution in [3.63, 3.8) is 0 Å². The molecule has 8 heteroatoms. The van der Waals surface area contributed by atoms with Gasteiger partial charge in [0.25, 0.3) is 0 Å². The number of aromatic hydroxyl groups is 1. The van der Waals surface area contributed by atoms with Crippen LogP contribution in [0.2, 0.25) is 0 Å². The largest absolute Gasteiger partial charge is 0.508 e. The number of hydrogen-bond acceptors (Lipinski definition) is 8. The SMILES string of the molecule is COC(=C1C2CC3CC1CC(OCCO)(C3)C2)c1cccc(O)c1.COC(=C1C2CC3CC1CC(OCCO)(C3)C2)c1cccc(OCc2ccccc2)c1. The van der Waals surface area contributed by atoms with Crippen LogP contribution in [-0.2, 0) is 25.6 Å². The van der Waals surface area contributed by atoms with Gasteiger partial charge in [-0.2, -0.15) is 0 Å². The van der Waals surface area contributed by atoms with Crippen molar-refractivity contribution < 1.29 is 39.0 Å². The van der Waals surface area contributed by atoms with E-state index in [4.69, 9.17) is 28.8 Å². The number of methoxy groups -OCH3 is 2. The Morgan fingerprint density at radius 3 is 1.56 bits per heavy atom. The predicted molar refractivity (Wildman–Crippen MR) is 212 cm³/mol. The van der Waals surface area contributed by atoms with Crippen LogP contribution in [0.25, 0.3) is 11.5 Å². The lowest BCUT2D eigenvalue weighted by Crippen LogP contribution is -2.53. The molecule has 0 aliphatic heterocycles. The molecule has 11 rings (SSSR count). The summed E-state index contributed by atoms with van der Waals surface area (Å²) < 4.78 is 30.3. The number of aliphatic hydroxyl groups excluding tert-OH is 2. The van der Waals surface area contributed by atoms with E-state index in [0.717, 1.165) is 84.3 Å². The summed E-state index contributed by atoms with van der Waals surface area (Å²) in [4.78, 5) is 0. The van der Waals surface area contributed by atoms with E-state index in [1.54, 1.807) is 26.4 Å². The minimum absolute atomic E-state index is 0.0395. The highest BCUT2D eigenvalue weighted by molar-refractivity contribution is 5.67. The van der Waals surface area contributed by atoms with Gasteiger partial charge in [0.2, 0.25) is 0 Å². The molecule has 0 radical (unpaired) electrons. The zero-order valence-electron chi connectivity index (χ0n) is 32.5. The molecule has 8 nitrogen and oxygen atoms in total. The van der Waals surface area contributed by atoms with Crippen molar-refractivity contribution in [1.29, 1.82) is 0 Å². The molecule has 8 bridgehead atoms. The van der Waals surface area contributed by atoms with E-state index in [2.05, 4.69) is 30.3 Å². The van der Waals surface area contributed by atoms with Crippen LogP contribution in [0.5, 0.6) is 11.5 Å². The highest BCUT2D eigenvalue weighted by Crippen LogP contribution is 2.62. The predicted octanol–water partition coefficient (Wildman–Crippen LogP) is 8.55. The summed E-state index contributed by atoms with van der Waals surface area (Å²) in [5.74, 6) is 6.57. The Morgan fingerprint density at radius 1 is 0.600 bits per heavy atom. The van der Waals surface area contributed by atoms with Gasteiger partial charge in [-0.15, -0.1) is 0 Å². The van der Waals surface area contributed by atoms with E-state index in [9.17, 15) is 10.2 Å². The average molecular weight is 751 g/mol. The van der Waals surface area contributed by atoms with Crippen LogP contribution in [0.4, 0.5) is 0 Å². The Kier molecular flexibility index (Phi) is 11.3. The average Bonchev–Trinajstić information content (AvgIpc) is 3.18. The van der Waals surface area contributed by atoms with Crippen LogP contribution >= 0.6 is 0 Å². The molecule has 8 aliphatic carbocycles. The fourth-order valence-corrected chi connectivity index (χ4v) is 12.0. The van der Waals surface area contributed by atoms with E-state index in [-0.39, 0.29) is 30.2 Å². The maximum Gasteiger partial charge on any atom is 0.125 e. The smallest absolute Gasteiger partial charge is 0.125 e. The Hall–Kier alpha value is -3.82. The molecule has 8 fully saturated rings. The zero-order chi connectivity index (χ0) is 38.0. The number of allylic oxidation sites excluding steroid dienone is 2. The third-order valence-corrected chi connectivity index (χ3v) is 13.4. The lowest BCUT2D eigenvalue weighted by molar-refractivity contribution is -0.149. The molecule has 3 N–H and O–H groups in total. The molecule has 8 saturated carbocycles. The van der Waals surface area contributed by atoms with Crippen molar-refractivity contribution in [3.8, 4) is 11.5 Å². The van der Waals surface area contributed by atoms with E-state index in [0.29, 0.717) is 43.5 Å². The standard InChI is InChI=1S/C27H32O4.C20H26O4/c1-29-26(21-8-5-9-24(14-21)30-18-19-6-3-2-4-7-19)25-22-12-20-13-23(25)17-27(15-20,16-22)31-11-10-28;1-23-19(14-3-2-4-17(22)9-14)18-15-7-13-8-16(18)12-20(10-13,11-15)24-6-5-21/h2-9,14,20,22-23,28H,10-13,15-18H2,1H3;2-4,9,13,15-16,21-22H,5-8,10-12H2,1H3. The maximum absolute atomic E-state index is 9.82. The topological polar surface area (TPSA) is 107 Å². The minimum atomic E-state index is -0.0413. The number of ether oxygens (including phenoxy) is 5. The van der Waals surface area contributed by atoms with Gasteiger partial charge in [0.1, 0.15) is 29.6 Å². The van der Waals surface area contributed by atoms with Gasteiger partial charge >= 0.3 is 0 Å². The van der Waals surface area contributed by atoms with Crippen molar-refractivity contribution >= 4 is 11.5 Å². The van der Waals surface area contributed by atoms with Gasteiger partial charge in [0.15, 0.2) is 0 Å². The van der Waals surface area contributed by atoms with Crippen molar-refractivity contribution in [3.05, 3.63) is 107 Å². The molecule has 0 amide bonds. The second kappa shape index (κ2) is 16.3. The first kappa shape index (κ1) is 38.1. The number of benzene rings is 3. The molecule has 294 valence electrons.